The summed E-state index contributed by atoms with van der Waals surface area (Å²) in [4.78, 5) is 17.9. The number of aliphatic hydroxyl groups is 1. The van der Waals surface area contributed by atoms with Crippen LogP contribution in [0.15, 0.2) is 18.3 Å². The number of pyridine rings is 1. The summed E-state index contributed by atoms with van der Waals surface area (Å²) in [6.45, 7) is 1.57. The van der Waals surface area contributed by atoms with Crippen LogP contribution in [0.3, 0.4) is 0 Å². The van der Waals surface area contributed by atoms with Crippen molar-refractivity contribution in [3.05, 3.63) is 24.0 Å². The molecule has 1 amide bonds. The van der Waals surface area contributed by atoms with Crippen LogP contribution in [-0.4, -0.2) is 40.6 Å². The lowest BCUT2D eigenvalue weighted by atomic mass is 9.98. The molecular weight excluding hydrogens is 218 g/mol. The molecule has 1 aromatic rings. The second-order valence-electron chi connectivity index (χ2n) is 4.39. The maximum Gasteiger partial charge on any atom is 0.272 e. The smallest absolute Gasteiger partial charge is 0.272 e. The molecule has 2 rings (SSSR count). The quantitative estimate of drug-likeness (QED) is 0.782. The fourth-order valence-electron chi connectivity index (χ4n) is 2.04. The molecule has 0 saturated carbocycles. The predicted octanol–water partition coefficient (Wildman–Crippen LogP) is 0.508. The molecular formula is C12H17N3O2. The van der Waals surface area contributed by atoms with E-state index < -0.39 is 0 Å². The Labute approximate surface area is 100 Å². The zero-order chi connectivity index (χ0) is 12.3. The summed E-state index contributed by atoms with van der Waals surface area (Å²) in [5, 5.41) is 9.04. The molecule has 1 aromatic heterocycles. The average Bonchev–Trinajstić information content (AvgIpc) is 2.38. The van der Waals surface area contributed by atoms with Crippen LogP contribution >= 0.6 is 0 Å². The number of nitrogen functional groups attached to an aromatic ring is 1. The number of aromatic nitrogens is 1. The summed E-state index contributed by atoms with van der Waals surface area (Å²) in [5.41, 5.74) is 6.57. The standard InChI is InChI=1S/C12H17N3O2/c13-10-1-4-14-11(7-10)12(17)15-5-2-9(8-16)3-6-15/h1,4,7,9,16H,2-3,5-6,8H2,(H2,13,14). The third-order valence-corrected chi connectivity index (χ3v) is 3.16. The minimum absolute atomic E-state index is 0.0753. The zero-order valence-electron chi connectivity index (χ0n) is 9.67. The van der Waals surface area contributed by atoms with Gasteiger partial charge in [-0.1, -0.05) is 0 Å². The Morgan fingerprint density at radius 2 is 2.24 bits per heavy atom. The first kappa shape index (κ1) is 11.9. The number of nitrogens with zero attached hydrogens (tertiary/aromatic N) is 2. The van der Waals surface area contributed by atoms with E-state index in [2.05, 4.69) is 4.98 Å². The van der Waals surface area contributed by atoms with Crippen LogP contribution in [-0.2, 0) is 0 Å². The summed E-state index contributed by atoms with van der Waals surface area (Å²) in [6.07, 6.45) is 3.25. The van der Waals surface area contributed by atoms with Gasteiger partial charge >= 0.3 is 0 Å². The molecule has 0 aliphatic carbocycles. The molecule has 1 aliphatic heterocycles. The van der Waals surface area contributed by atoms with Crippen molar-refractivity contribution in [1.29, 1.82) is 0 Å². The number of likely N-dealkylation sites (tertiary alicyclic amines) is 1. The van der Waals surface area contributed by atoms with Gasteiger partial charge in [-0.15, -0.1) is 0 Å². The first-order valence-electron chi connectivity index (χ1n) is 5.82. The monoisotopic (exact) mass is 235 g/mol. The number of hydrogen-bond acceptors (Lipinski definition) is 4. The van der Waals surface area contributed by atoms with Gasteiger partial charge in [0.1, 0.15) is 5.69 Å². The van der Waals surface area contributed by atoms with E-state index in [9.17, 15) is 4.79 Å². The summed E-state index contributed by atoms with van der Waals surface area (Å²) >= 11 is 0. The molecule has 0 atom stereocenters. The molecule has 5 heteroatoms. The summed E-state index contributed by atoms with van der Waals surface area (Å²) < 4.78 is 0. The van der Waals surface area contributed by atoms with E-state index in [1.165, 1.54) is 0 Å². The van der Waals surface area contributed by atoms with E-state index in [-0.39, 0.29) is 12.5 Å². The number of rotatable bonds is 2. The first-order valence-corrected chi connectivity index (χ1v) is 5.82. The van der Waals surface area contributed by atoms with Crippen LogP contribution in [0, 0.1) is 5.92 Å². The Morgan fingerprint density at radius 3 is 2.82 bits per heavy atom. The molecule has 1 aliphatic rings. The van der Waals surface area contributed by atoms with Crippen molar-refractivity contribution < 1.29 is 9.90 Å². The van der Waals surface area contributed by atoms with Crippen molar-refractivity contribution in [3.63, 3.8) is 0 Å². The van der Waals surface area contributed by atoms with E-state index >= 15 is 0 Å². The number of nitrogens with two attached hydrogens (primary N) is 1. The number of piperidine rings is 1. The lowest BCUT2D eigenvalue weighted by molar-refractivity contribution is 0.0645. The number of carbonyl (C=O) groups is 1. The fraction of sp³-hybridized carbons (Fsp3) is 0.500. The number of aliphatic hydroxyl groups excluding tert-OH is 1. The number of carbonyl (C=O) groups excluding carboxylic acids is 1. The van der Waals surface area contributed by atoms with E-state index in [4.69, 9.17) is 10.8 Å². The lowest BCUT2D eigenvalue weighted by Gasteiger charge is -2.30. The minimum atomic E-state index is -0.0753. The first-order chi connectivity index (χ1) is 8.20. The third-order valence-electron chi connectivity index (χ3n) is 3.16. The number of amides is 1. The Hall–Kier alpha value is -1.62. The number of anilines is 1. The highest BCUT2D eigenvalue weighted by molar-refractivity contribution is 5.93. The van der Waals surface area contributed by atoms with E-state index in [1.54, 1.807) is 23.2 Å². The normalized spacial score (nSPS) is 17.1. The molecule has 1 saturated heterocycles. The maximum atomic E-state index is 12.1. The largest absolute Gasteiger partial charge is 0.399 e. The summed E-state index contributed by atoms with van der Waals surface area (Å²) in [6, 6.07) is 3.26. The van der Waals surface area contributed by atoms with Crippen LogP contribution in [0.1, 0.15) is 23.3 Å². The van der Waals surface area contributed by atoms with Crippen LogP contribution in [0.4, 0.5) is 5.69 Å². The van der Waals surface area contributed by atoms with Crippen LogP contribution < -0.4 is 5.73 Å². The molecule has 17 heavy (non-hydrogen) atoms. The van der Waals surface area contributed by atoms with Crippen LogP contribution in [0.2, 0.25) is 0 Å². The predicted molar refractivity (Wildman–Crippen MR) is 64.4 cm³/mol. The van der Waals surface area contributed by atoms with Crippen molar-refractivity contribution in [2.75, 3.05) is 25.4 Å². The molecule has 0 unspecified atom stereocenters. The van der Waals surface area contributed by atoms with Crippen molar-refractivity contribution >= 4 is 11.6 Å². The van der Waals surface area contributed by atoms with Gasteiger partial charge in [0.2, 0.25) is 0 Å². The maximum absolute atomic E-state index is 12.1. The molecule has 5 nitrogen and oxygen atoms in total. The number of hydrogen-bond donors (Lipinski definition) is 2. The van der Waals surface area contributed by atoms with Crippen LogP contribution in [0.5, 0.6) is 0 Å². The molecule has 0 bridgehead atoms. The topological polar surface area (TPSA) is 79.5 Å². The van der Waals surface area contributed by atoms with Crippen LogP contribution in [0.25, 0.3) is 0 Å². The zero-order valence-corrected chi connectivity index (χ0v) is 9.67. The molecule has 0 spiro atoms. The minimum Gasteiger partial charge on any atom is -0.399 e. The molecule has 1 fully saturated rings. The Balaban J connectivity index is 2.02. The summed E-state index contributed by atoms with van der Waals surface area (Å²) in [7, 11) is 0. The molecule has 0 aromatic carbocycles. The summed E-state index contributed by atoms with van der Waals surface area (Å²) in [5.74, 6) is 0.251. The van der Waals surface area contributed by atoms with E-state index in [0.29, 0.717) is 30.4 Å². The molecule has 92 valence electrons. The van der Waals surface area contributed by atoms with E-state index in [1.807, 2.05) is 0 Å². The highest BCUT2D eigenvalue weighted by atomic mass is 16.3. The molecule has 3 N–H and O–H groups in total. The molecule has 2 heterocycles. The van der Waals surface area contributed by atoms with Crippen molar-refractivity contribution in [2.45, 2.75) is 12.8 Å². The van der Waals surface area contributed by atoms with Gasteiger partial charge in [-0.2, -0.15) is 0 Å². The van der Waals surface area contributed by atoms with Gasteiger partial charge in [-0.05, 0) is 30.9 Å². The Morgan fingerprint density at radius 1 is 1.53 bits per heavy atom. The SMILES string of the molecule is Nc1ccnc(C(=O)N2CCC(CO)CC2)c1. The Kier molecular flexibility index (Phi) is 3.58. The second-order valence-corrected chi connectivity index (χ2v) is 4.39. The van der Waals surface area contributed by atoms with Gasteiger partial charge in [0, 0.05) is 31.6 Å². The molecule has 0 radical (unpaired) electrons. The van der Waals surface area contributed by atoms with Crippen molar-refractivity contribution in [1.82, 2.24) is 9.88 Å². The lowest BCUT2D eigenvalue weighted by Crippen LogP contribution is -2.39. The second kappa shape index (κ2) is 5.14. The van der Waals surface area contributed by atoms with E-state index in [0.717, 1.165) is 12.8 Å². The fourth-order valence-corrected chi connectivity index (χ4v) is 2.04. The Bertz CT molecular complexity index is 400. The van der Waals surface area contributed by atoms with Gasteiger partial charge < -0.3 is 15.7 Å². The van der Waals surface area contributed by atoms with Crippen molar-refractivity contribution in [3.8, 4) is 0 Å². The highest BCUT2D eigenvalue weighted by Crippen LogP contribution is 2.18. The van der Waals surface area contributed by atoms with Gasteiger partial charge in [-0.3, -0.25) is 9.78 Å². The third kappa shape index (κ3) is 2.74. The highest BCUT2D eigenvalue weighted by Gasteiger charge is 2.23. The van der Waals surface area contributed by atoms with Crippen molar-refractivity contribution in [2.24, 2.45) is 5.92 Å². The van der Waals surface area contributed by atoms with Gasteiger partial charge in [0.15, 0.2) is 0 Å². The van der Waals surface area contributed by atoms with Gasteiger partial charge in [0.05, 0.1) is 0 Å². The van der Waals surface area contributed by atoms with Gasteiger partial charge in [-0.25, -0.2) is 0 Å². The average molecular weight is 235 g/mol. The van der Waals surface area contributed by atoms with Gasteiger partial charge in [0.25, 0.3) is 5.91 Å².